The number of likely N-dealkylation sites (N-methyl/N-ethyl adjacent to an activating group) is 1. The van der Waals surface area contributed by atoms with Crippen LogP contribution < -0.4 is 5.32 Å². The molecule has 1 aromatic heterocycles. The lowest BCUT2D eigenvalue weighted by atomic mass is 10.2. The van der Waals surface area contributed by atoms with Gasteiger partial charge in [-0.05, 0) is 31.0 Å². The fourth-order valence-corrected chi connectivity index (χ4v) is 1.97. The van der Waals surface area contributed by atoms with Gasteiger partial charge >= 0.3 is 6.03 Å². The van der Waals surface area contributed by atoms with Crippen LogP contribution in [0.2, 0.25) is 0 Å². The highest BCUT2D eigenvalue weighted by molar-refractivity contribution is 5.74. The predicted octanol–water partition coefficient (Wildman–Crippen LogP) is 1.44. The number of aromatic nitrogens is 2. The van der Waals surface area contributed by atoms with E-state index in [-0.39, 0.29) is 18.7 Å². The van der Waals surface area contributed by atoms with Crippen molar-refractivity contribution in [3.8, 4) is 5.69 Å². The Kier molecular flexibility index (Phi) is 5.55. The molecule has 6 heteroatoms. The normalized spacial score (nSPS) is 12.0. The molecule has 0 aliphatic heterocycles. The van der Waals surface area contributed by atoms with Crippen LogP contribution in [0, 0.1) is 0 Å². The zero-order valence-corrected chi connectivity index (χ0v) is 12.9. The largest absolute Gasteiger partial charge is 0.394 e. The van der Waals surface area contributed by atoms with Gasteiger partial charge in [0.1, 0.15) is 0 Å². The minimum Gasteiger partial charge on any atom is -0.394 e. The molecular weight excluding hydrogens is 280 g/mol. The maximum atomic E-state index is 11.8. The Bertz CT molecular complexity index is 597. The number of aliphatic hydroxyl groups is 1. The van der Waals surface area contributed by atoms with Gasteiger partial charge in [0, 0.05) is 19.8 Å². The van der Waals surface area contributed by atoms with E-state index in [4.69, 9.17) is 5.11 Å². The van der Waals surface area contributed by atoms with Gasteiger partial charge in [-0.1, -0.05) is 18.2 Å². The molecule has 0 saturated carbocycles. The maximum absolute atomic E-state index is 11.8. The van der Waals surface area contributed by atoms with Crippen molar-refractivity contribution in [3.63, 3.8) is 0 Å². The van der Waals surface area contributed by atoms with Crippen LogP contribution in [0.5, 0.6) is 0 Å². The Balaban J connectivity index is 1.83. The van der Waals surface area contributed by atoms with Crippen LogP contribution in [0.15, 0.2) is 42.7 Å². The van der Waals surface area contributed by atoms with E-state index in [0.29, 0.717) is 13.0 Å². The highest BCUT2D eigenvalue weighted by Gasteiger charge is 2.13. The topological polar surface area (TPSA) is 70.4 Å². The summed E-state index contributed by atoms with van der Waals surface area (Å²) in [7, 11) is 1.67. The summed E-state index contributed by atoms with van der Waals surface area (Å²) < 4.78 is 1.82. The number of carbonyl (C=O) groups is 1. The maximum Gasteiger partial charge on any atom is 0.317 e. The van der Waals surface area contributed by atoms with Gasteiger partial charge in [0.15, 0.2) is 0 Å². The van der Waals surface area contributed by atoms with Crippen LogP contribution in [0.4, 0.5) is 4.79 Å². The third-order valence-corrected chi connectivity index (χ3v) is 3.59. The van der Waals surface area contributed by atoms with E-state index in [1.807, 2.05) is 41.2 Å². The van der Waals surface area contributed by atoms with Crippen molar-refractivity contribution >= 4 is 6.03 Å². The molecule has 0 radical (unpaired) electrons. The second-order valence-corrected chi connectivity index (χ2v) is 5.25. The molecule has 22 heavy (non-hydrogen) atoms. The highest BCUT2D eigenvalue weighted by atomic mass is 16.3. The molecule has 118 valence electrons. The molecule has 0 spiro atoms. The first kappa shape index (κ1) is 16.0. The standard InChI is InChI=1S/C16H22N4O2/c1-13(12-21)19(2)16(22)17-9-8-14-10-18-20(11-14)15-6-4-3-5-7-15/h3-7,10-11,13,21H,8-9,12H2,1-2H3,(H,17,22). The van der Waals surface area contributed by atoms with Gasteiger partial charge in [-0.25, -0.2) is 9.48 Å². The first-order valence-corrected chi connectivity index (χ1v) is 7.32. The number of aliphatic hydroxyl groups excluding tert-OH is 1. The summed E-state index contributed by atoms with van der Waals surface area (Å²) in [5.74, 6) is 0. The number of amides is 2. The SMILES string of the molecule is CC(CO)N(C)C(=O)NCCc1cnn(-c2ccccc2)c1. The second-order valence-electron chi connectivity index (χ2n) is 5.25. The lowest BCUT2D eigenvalue weighted by Crippen LogP contribution is -2.44. The smallest absolute Gasteiger partial charge is 0.317 e. The fourth-order valence-electron chi connectivity index (χ4n) is 1.97. The quantitative estimate of drug-likeness (QED) is 0.848. The Morgan fingerprint density at radius 3 is 2.82 bits per heavy atom. The molecule has 0 bridgehead atoms. The van der Waals surface area contributed by atoms with Gasteiger partial charge < -0.3 is 15.3 Å². The minimum absolute atomic E-state index is 0.0479. The van der Waals surface area contributed by atoms with Crippen LogP contribution in [0.25, 0.3) is 5.69 Å². The second kappa shape index (κ2) is 7.61. The molecule has 2 amide bonds. The van der Waals surface area contributed by atoms with E-state index in [2.05, 4.69) is 10.4 Å². The zero-order chi connectivity index (χ0) is 15.9. The molecule has 1 atom stereocenters. The Hall–Kier alpha value is -2.34. The molecule has 0 saturated heterocycles. The van der Waals surface area contributed by atoms with Crippen molar-refractivity contribution in [2.24, 2.45) is 0 Å². The van der Waals surface area contributed by atoms with Crippen LogP contribution in [-0.2, 0) is 6.42 Å². The highest BCUT2D eigenvalue weighted by Crippen LogP contribution is 2.07. The van der Waals surface area contributed by atoms with E-state index in [9.17, 15) is 4.79 Å². The van der Waals surface area contributed by atoms with E-state index in [1.165, 1.54) is 4.90 Å². The average Bonchev–Trinajstić information content (AvgIpc) is 3.03. The van der Waals surface area contributed by atoms with Crippen molar-refractivity contribution in [2.45, 2.75) is 19.4 Å². The number of para-hydroxylation sites is 1. The molecule has 1 heterocycles. The van der Waals surface area contributed by atoms with Gasteiger partial charge in [0.05, 0.1) is 24.5 Å². The molecule has 0 aliphatic rings. The van der Waals surface area contributed by atoms with Crippen LogP contribution in [0.1, 0.15) is 12.5 Å². The zero-order valence-electron chi connectivity index (χ0n) is 12.9. The lowest BCUT2D eigenvalue weighted by molar-refractivity contribution is 0.157. The summed E-state index contributed by atoms with van der Waals surface area (Å²) in [5, 5.41) is 16.2. The Morgan fingerprint density at radius 1 is 1.41 bits per heavy atom. The third kappa shape index (κ3) is 4.08. The Morgan fingerprint density at radius 2 is 2.14 bits per heavy atom. The van der Waals surface area contributed by atoms with E-state index < -0.39 is 0 Å². The molecule has 6 nitrogen and oxygen atoms in total. The first-order valence-electron chi connectivity index (χ1n) is 7.32. The molecule has 2 N–H and O–H groups in total. The van der Waals surface area contributed by atoms with Crippen LogP contribution in [-0.4, -0.2) is 52.1 Å². The fraction of sp³-hybridized carbons (Fsp3) is 0.375. The number of nitrogens with zero attached hydrogens (tertiary/aromatic N) is 3. The average molecular weight is 302 g/mol. The summed E-state index contributed by atoms with van der Waals surface area (Å²) in [6.45, 7) is 2.28. The molecule has 0 aliphatic carbocycles. The number of carbonyl (C=O) groups excluding carboxylic acids is 1. The van der Waals surface area contributed by atoms with E-state index >= 15 is 0 Å². The molecule has 1 aromatic carbocycles. The summed E-state index contributed by atoms with van der Waals surface area (Å²) in [5.41, 5.74) is 2.07. The number of benzene rings is 1. The van der Waals surface area contributed by atoms with Crippen molar-refractivity contribution in [2.75, 3.05) is 20.2 Å². The number of hydrogen-bond acceptors (Lipinski definition) is 3. The van der Waals surface area contributed by atoms with Gasteiger partial charge in [0.2, 0.25) is 0 Å². The van der Waals surface area contributed by atoms with Crippen LogP contribution >= 0.6 is 0 Å². The van der Waals surface area contributed by atoms with Gasteiger partial charge in [-0.15, -0.1) is 0 Å². The Labute approximate surface area is 130 Å². The van der Waals surface area contributed by atoms with Crippen molar-refractivity contribution in [1.82, 2.24) is 20.0 Å². The lowest BCUT2D eigenvalue weighted by Gasteiger charge is -2.23. The first-order chi connectivity index (χ1) is 10.6. The molecular formula is C16H22N4O2. The van der Waals surface area contributed by atoms with Crippen molar-refractivity contribution in [1.29, 1.82) is 0 Å². The molecule has 0 fully saturated rings. The number of rotatable bonds is 6. The van der Waals surface area contributed by atoms with E-state index in [1.54, 1.807) is 20.2 Å². The molecule has 2 rings (SSSR count). The summed E-state index contributed by atoms with van der Waals surface area (Å²) in [6.07, 6.45) is 4.47. The number of urea groups is 1. The number of nitrogens with one attached hydrogen (secondary N) is 1. The van der Waals surface area contributed by atoms with E-state index in [0.717, 1.165) is 11.3 Å². The molecule has 1 unspecified atom stereocenters. The summed E-state index contributed by atoms with van der Waals surface area (Å²) in [6, 6.07) is 9.50. The van der Waals surface area contributed by atoms with Crippen molar-refractivity contribution in [3.05, 3.63) is 48.3 Å². The molecule has 2 aromatic rings. The van der Waals surface area contributed by atoms with Crippen LogP contribution in [0.3, 0.4) is 0 Å². The summed E-state index contributed by atoms with van der Waals surface area (Å²) in [4.78, 5) is 13.3. The minimum atomic E-state index is -0.194. The van der Waals surface area contributed by atoms with Gasteiger partial charge in [-0.2, -0.15) is 5.10 Å². The number of hydrogen-bond donors (Lipinski definition) is 2. The van der Waals surface area contributed by atoms with Gasteiger partial charge in [0.25, 0.3) is 0 Å². The third-order valence-electron chi connectivity index (χ3n) is 3.59. The summed E-state index contributed by atoms with van der Waals surface area (Å²) >= 11 is 0. The monoisotopic (exact) mass is 302 g/mol. The van der Waals surface area contributed by atoms with Gasteiger partial charge in [-0.3, -0.25) is 0 Å². The predicted molar refractivity (Wildman–Crippen MR) is 85.0 cm³/mol. The van der Waals surface area contributed by atoms with Crippen molar-refractivity contribution < 1.29 is 9.90 Å².